The molecule has 1 saturated heterocycles. The third kappa shape index (κ3) is 5.72. The first kappa shape index (κ1) is 23.7. The van der Waals surface area contributed by atoms with Gasteiger partial charge >= 0.3 is 6.03 Å². The van der Waals surface area contributed by atoms with E-state index >= 15 is 0 Å². The number of carbonyl (C=O) groups excluding carboxylic acids is 2. The first-order valence-corrected chi connectivity index (χ1v) is 11.8. The molecule has 3 aromatic rings. The van der Waals surface area contributed by atoms with Crippen LogP contribution in [0.3, 0.4) is 0 Å². The van der Waals surface area contributed by atoms with Crippen LogP contribution in [0.1, 0.15) is 23.2 Å². The van der Waals surface area contributed by atoms with E-state index in [2.05, 4.69) is 20.5 Å². The second-order valence-electron chi connectivity index (χ2n) is 9.06. The lowest BCUT2D eigenvalue weighted by atomic mass is 10.0. The molecule has 0 radical (unpaired) electrons. The molecule has 2 heterocycles. The van der Waals surface area contributed by atoms with E-state index < -0.39 is 0 Å². The number of benzene rings is 2. The second-order valence-corrected chi connectivity index (χ2v) is 9.06. The number of urea groups is 1. The van der Waals surface area contributed by atoms with Gasteiger partial charge in [-0.25, -0.2) is 4.79 Å². The van der Waals surface area contributed by atoms with E-state index in [0.717, 1.165) is 59.5 Å². The van der Waals surface area contributed by atoms with Crippen molar-refractivity contribution in [3.05, 3.63) is 71.4 Å². The lowest BCUT2D eigenvalue weighted by molar-refractivity contribution is -0.131. The summed E-state index contributed by atoms with van der Waals surface area (Å²) in [4.78, 5) is 34.0. The molecule has 7 heteroatoms. The highest BCUT2D eigenvalue weighted by atomic mass is 16.2. The number of amides is 3. The largest absolute Gasteiger partial charge is 0.341 e. The van der Waals surface area contributed by atoms with Crippen LogP contribution < -0.4 is 10.6 Å². The number of aromatic nitrogens is 1. The van der Waals surface area contributed by atoms with Crippen molar-refractivity contribution in [2.45, 2.75) is 32.7 Å². The molecule has 3 amide bonds. The van der Waals surface area contributed by atoms with Gasteiger partial charge in [0.2, 0.25) is 5.91 Å². The van der Waals surface area contributed by atoms with Gasteiger partial charge in [-0.05, 0) is 43.5 Å². The Bertz CT molecular complexity index is 1180. The van der Waals surface area contributed by atoms with Gasteiger partial charge in [-0.3, -0.25) is 14.7 Å². The number of pyridine rings is 1. The maximum atomic E-state index is 12.8. The van der Waals surface area contributed by atoms with Crippen LogP contribution in [0.5, 0.6) is 0 Å². The number of anilines is 1. The minimum absolute atomic E-state index is 0.151. The zero-order valence-electron chi connectivity index (χ0n) is 20.2. The molecule has 1 aromatic heterocycles. The fourth-order valence-electron chi connectivity index (χ4n) is 4.54. The first-order valence-electron chi connectivity index (χ1n) is 11.8. The summed E-state index contributed by atoms with van der Waals surface area (Å²) in [6.45, 7) is 7.00. The normalized spacial score (nSPS) is 15.9. The molecule has 7 nitrogen and oxygen atoms in total. The Morgan fingerprint density at radius 1 is 1.12 bits per heavy atom. The molecule has 2 N–H and O–H groups in total. The zero-order valence-corrected chi connectivity index (χ0v) is 20.2. The predicted molar refractivity (Wildman–Crippen MR) is 136 cm³/mol. The molecule has 1 fully saturated rings. The fraction of sp³-hybridized carbons (Fsp3) is 0.370. The number of hydrogen-bond donors (Lipinski definition) is 2. The maximum Gasteiger partial charge on any atom is 0.319 e. The Morgan fingerprint density at radius 3 is 2.71 bits per heavy atom. The van der Waals surface area contributed by atoms with Crippen molar-refractivity contribution < 1.29 is 9.59 Å². The molecule has 2 aromatic carbocycles. The highest BCUT2D eigenvalue weighted by Crippen LogP contribution is 2.22. The van der Waals surface area contributed by atoms with Crippen molar-refractivity contribution in [1.29, 1.82) is 0 Å². The van der Waals surface area contributed by atoms with Crippen LogP contribution >= 0.6 is 0 Å². The molecular weight excluding hydrogens is 426 g/mol. The smallest absolute Gasteiger partial charge is 0.319 e. The number of likely N-dealkylation sites (tertiary alicyclic amines) is 1. The number of carbonyl (C=O) groups is 2. The summed E-state index contributed by atoms with van der Waals surface area (Å²) in [5, 5.41) is 6.83. The molecule has 1 atom stereocenters. The first-order chi connectivity index (χ1) is 16.4. The minimum atomic E-state index is -0.225. The van der Waals surface area contributed by atoms with Crippen molar-refractivity contribution in [3.63, 3.8) is 0 Å². The van der Waals surface area contributed by atoms with Crippen LogP contribution in [0.15, 0.2) is 54.6 Å². The summed E-state index contributed by atoms with van der Waals surface area (Å²) in [7, 11) is 1.90. The zero-order chi connectivity index (χ0) is 24.1. The van der Waals surface area contributed by atoms with Crippen molar-refractivity contribution in [3.8, 4) is 0 Å². The van der Waals surface area contributed by atoms with Crippen LogP contribution in [0.25, 0.3) is 10.9 Å². The van der Waals surface area contributed by atoms with Gasteiger partial charge in [-0.1, -0.05) is 42.5 Å². The van der Waals surface area contributed by atoms with Crippen LogP contribution in [0, 0.1) is 13.8 Å². The fourth-order valence-corrected chi connectivity index (χ4v) is 4.54. The second kappa shape index (κ2) is 10.7. The molecule has 0 spiro atoms. The number of aryl methyl sites for hydroxylation is 2. The van der Waals surface area contributed by atoms with Crippen molar-refractivity contribution in [2.75, 3.05) is 38.5 Å². The Morgan fingerprint density at radius 2 is 1.88 bits per heavy atom. The van der Waals surface area contributed by atoms with Gasteiger partial charge in [-0.2, -0.15) is 0 Å². The molecule has 4 rings (SSSR count). The predicted octanol–water partition coefficient (Wildman–Crippen LogP) is 3.75. The van der Waals surface area contributed by atoms with E-state index in [0.29, 0.717) is 13.0 Å². The highest BCUT2D eigenvalue weighted by molar-refractivity contribution is 6.00. The van der Waals surface area contributed by atoms with E-state index in [9.17, 15) is 9.59 Å². The Labute approximate surface area is 201 Å². The van der Waals surface area contributed by atoms with Gasteiger partial charge in [0, 0.05) is 50.3 Å². The van der Waals surface area contributed by atoms with E-state index in [-0.39, 0.29) is 18.0 Å². The third-order valence-corrected chi connectivity index (χ3v) is 6.60. The average molecular weight is 460 g/mol. The number of fused-ring (bicyclic) bond motifs is 1. The Kier molecular flexibility index (Phi) is 7.43. The van der Waals surface area contributed by atoms with Gasteiger partial charge in [0.25, 0.3) is 0 Å². The maximum absolute atomic E-state index is 12.8. The van der Waals surface area contributed by atoms with Crippen LogP contribution in [0.2, 0.25) is 0 Å². The number of likely N-dealkylation sites (N-methyl/N-ethyl adjacent to an activating group) is 1. The number of rotatable bonds is 7. The lowest BCUT2D eigenvalue weighted by Gasteiger charge is -2.25. The molecule has 0 saturated carbocycles. The monoisotopic (exact) mass is 459 g/mol. The molecule has 1 aliphatic heterocycles. The van der Waals surface area contributed by atoms with Gasteiger partial charge in [0.1, 0.15) is 0 Å². The SMILES string of the molecule is Cc1cc(NC(=O)NCCN2CCC(N(C)C(=O)Cc3ccccc3C)C2)c2ccccc2n1. The van der Waals surface area contributed by atoms with E-state index in [1.807, 2.05) is 80.4 Å². The van der Waals surface area contributed by atoms with E-state index in [1.54, 1.807) is 0 Å². The van der Waals surface area contributed by atoms with Gasteiger partial charge in [-0.15, -0.1) is 0 Å². The Hall–Kier alpha value is -3.45. The summed E-state index contributed by atoms with van der Waals surface area (Å²) in [5.41, 5.74) is 4.72. The molecule has 1 aliphatic rings. The minimum Gasteiger partial charge on any atom is -0.341 e. The van der Waals surface area contributed by atoms with Gasteiger partial charge in [0.15, 0.2) is 0 Å². The van der Waals surface area contributed by atoms with E-state index in [1.165, 1.54) is 0 Å². The number of nitrogens with zero attached hydrogens (tertiary/aromatic N) is 3. The number of nitrogens with one attached hydrogen (secondary N) is 2. The van der Waals surface area contributed by atoms with Crippen LogP contribution in [0.4, 0.5) is 10.5 Å². The summed E-state index contributed by atoms with van der Waals surface area (Å²) < 4.78 is 0. The van der Waals surface area contributed by atoms with Gasteiger partial charge in [0.05, 0.1) is 17.6 Å². The topological polar surface area (TPSA) is 77.6 Å². The molecule has 34 heavy (non-hydrogen) atoms. The van der Waals surface area contributed by atoms with E-state index in [4.69, 9.17) is 0 Å². The van der Waals surface area contributed by atoms with Crippen LogP contribution in [-0.2, 0) is 11.2 Å². The molecule has 178 valence electrons. The van der Waals surface area contributed by atoms with Gasteiger partial charge < -0.3 is 15.5 Å². The summed E-state index contributed by atoms with van der Waals surface area (Å²) in [6, 6.07) is 17.7. The Balaban J connectivity index is 1.23. The van der Waals surface area contributed by atoms with Crippen molar-refractivity contribution >= 4 is 28.5 Å². The number of hydrogen-bond acceptors (Lipinski definition) is 4. The average Bonchev–Trinajstić information content (AvgIpc) is 3.28. The molecule has 0 aliphatic carbocycles. The molecule has 1 unspecified atom stereocenters. The van der Waals surface area contributed by atoms with Crippen LogP contribution in [-0.4, -0.2) is 66.0 Å². The summed E-state index contributed by atoms with van der Waals surface area (Å²) in [6.07, 6.45) is 1.38. The molecular formula is C27H33N5O2. The highest BCUT2D eigenvalue weighted by Gasteiger charge is 2.28. The summed E-state index contributed by atoms with van der Waals surface area (Å²) >= 11 is 0. The van der Waals surface area contributed by atoms with Crippen molar-refractivity contribution in [2.24, 2.45) is 0 Å². The van der Waals surface area contributed by atoms with Crippen molar-refractivity contribution in [1.82, 2.24) is 20.1 Å². The summed E-state index contributed by atoms with van der Waals surface area (Å²) in [5.74, 6) is 0.151. The standard InChI is InChI=1S/C27H33N5O2/c1-19-8-4-5-9-21(19)17-26(33)31(3)22-12-14-32(18-22)15-13-28-27(34)30-25-16-20(2)29-24-11-7-6-10-23(24)25/h4-11,16,22H,12-15,17-18H2,1-3H3,(H2,28,29,30,34). The number of para-hydroxylation sites is 1. The third-order valence-electron chi connectivity index (χ3n) is 6.60. The quantitative estimate of drug-likeness (QED) is 0.564. The lowest BCUT2D eigenvalue weighted by Crippen LogP contribution is -2.41. The molecule has 0 bridgehead atoms.